The number of nitrogens with two attached hydrogens (primary N) is 1. The lowest BCUT2D eigenvalue weighted by atomic mass is 10.1. The van der Waals surface area contributed by atoms with Gasteiger partial charge in [0.05, 0.1) is 0 Å². The van der Waals surface area contributed by atoms with E-state index in [1.54, 1.807) is 12.4 Å². The van der Waals surface area contributed by atoms with Crippen LogP contribution in [0.1, 0.15) is 12.5 Å². The summed E-state index contributed by atoms with van der Waals surface area (Å²) in [5, 5.41) is 0. The molecule has 0 aliphatic rings. The Morgan fingerprint density at radius 2 is 1.71 bits per heavy atom. The maximum absolute atomic E-state index is 5.75. The third-order valence-corrected chi connectivity index (χ3v) is 2.34. The first kappa shape index (κ1) is 13.6. The molecule has 0 bridgehead atoms. The zero-order valence-electron chi connectivity index (χ0n) is 9.71. The summed E-state index contributed by atoms with van der Waals surface area (Å²) in [6.07, 6.45) is 4.40. The van der Waals surface area contributed by atoms with Crippen LogP contribution < -0.4 is 5.73 Å². The predicted molar refractivity (Wildman–Crippen MR) is 72.1 cm³/mol. The molecule has 1 aromatic carbocycles. The molecular formula is C13H16ClN3. The summed E-state index contributed by atoms with van der Waals surface area (Å²) in [6, 6.07) is 10.2. The Labute approximate surface area is 108 Å². The van der Waals surface area contributed by atoms with Gasteiger partial charge in [-0.1, -0.05) is 24.3 Å². The molecule has 90 valence electrons. The van der Waals surface area contributed by atoms with Gasteiger partial charge in [-0.3, -0.25) is 0 Å². The second-order valence-corrected chi connectivity index (χ2v) is 3.95. The third-order valence-electron chi connectivity index (χ3n) is 2.34. The number of aromatic nitrogens is 2. The third kappa shape index (κ3) is 3.80. The molecule has 17 heavy (non-hydrogen) atoms. The summed E-state index contributed by atoms with van der Waals surface area (Å²) in [5.74, 6) is 0.759. The fourth-order valence-corrected chi connectivity index (χ4v) is 1.61. The number of nitrogens with zero attached hydrogens (tertiary/aromatic N) is 2. The first-order valence-corrected chi connectivity index (χ1v) is 5.37. The fourth-order valence-electron chi connectivity index (χ4n) is 1.61. The first-order valence-electron chi connectivity index (χ1n) is 5.37. The predicted octanol–water partition coefficient (Wildman–Crippen LogP) is 2.46. The van der Waals surface area contributed by atoms with Crippen molar-refractivity contribution in [3.8, 4) is 11.4 Å². The molecule has 1 atom stereocenters. The van der Waals surface area contributed by atoms with Crippen LogP contribution in [0.2, 0.25) is 0 Å². The van der Waals surface area contributed by atoms with Crippen LogP contribution in [-0.4, -0.2) is 16.0 Å². The minimum absolute atomic E-state index is 0. The van der Waals surface area contributed by atoms with Crippen molar-refractivity contribution in [3.05, 3.63) is 48.3 Å². The Hall–Kier alpha value is -1.45. The first-order chi connectivity index (χ1) is 7.75. The van der Waals surface area contributed by atoms with Crippen molar-refractivity contribution in [2.24, 2.45) is 5.73 Å². The summed E-state index contributed by atoms with van der Waals surface area (Å²) in [4.78, 5) is 8.41. The Kier molecular flexibility index (Phi) is 5.07. The van der Waals surface area contributed by atoms with E-state index >= 15 is 0 Å². The average molecular weight is 250 g/mol. The van der Waals surface area contributed by atoms with Crippen LogP contribution in [0.4, 0.5) is 0 Å². The Balaban J connectivity index is 0.00000144. The molecule has 1 heterocycles. The number of rotatable bonds is 3. The molecule has 4 heteroatoms. The van der Waals surface area contributed by atoms with Crippen LogP contribution >= 0.6 is 12.4 Å². The van der Waals surface area contributed by atoms with Crippen molar-refractivity contribution in [1.82, 2.24) is 9.97 Å². The van der Waals surface area contributed by atoms with Crippen LogP contribution in [0.3, 0.4) is 0 Å². The van der Waals surface area contributed by atoms with Gasteiger partial charge in [-0.25, -0.2) is 9.97 Å². The van der Waals surface area contributed by atoms with Gasteiger partial charge >= 0.3 is 0 Å². The standard InChI is InChI=1S/C13H15N3.ClH/c1-10(14)9-11-3-5-12(6-4-11)13-15-7-2-8-16-13;/h2-8,10H,9,14H2,1H3;1H. The summed E-state index contributed by atoms with van der Waals surface area (Å²) in [6.45, 7) is 2.01. The van der Waals surface area contributed by atoms with Crippen molar-refractivity contribution in [1.29, 1.82) is 0 Å². The summed E-state index contributed by atoms with van der Waals surface area (Å²) in [7, 11) is 0. The molecule has 0 spiro atoms. The number of hydrogen-bond acceptors (Lipinski definition) is 3. The lowest BCUT2D eigenvalue weighted by Crippen LogP contribution is -2.17. The lowest BCUT2D eigenvalue weighted by molar-refractivity contribution is 0.738. The molecular weight excluding hydrogens is 234 g/mol. The number of hydrogen-bond donors (Lipinski definition) is 1. The SMILES string of the molecule is CC(N)Cc1ccc(-c2ncccn2)cc1.Cl. The minimum atomic E-state index is 0. The van der Waals surface area contributed by atoms with E-state index in [1.165, 1.54) is 5.56 Å². The quantitative estimate of drug-likeness (QED) is 0.909. The maximum Gasteiger partial charge on any atom is 0.159 e. The second-order valence-electron chi connectivity index (χ2n) is 3.95. The van der Waals surface area contributed by atoms with Gasteiger partial charge in [-0.15, -0.1) is 12.4 Å². The Morgan fingerprint density at radius 1 is 1.12 bits per heavy atom. The molecule has 2 aromatic rings. The summed E-state index contributed by atoms with van der Waals surface area (Å²) >= 11 is 0. The lowest BCUT2D eigenvalue weighted by Gasteiger charge is -2.05. The molecule has 0 fully saturated rings. The smallest absolute Gasteiger partial charge is 0.159 e. The average Bonchev–Trinajstić information content (AvgIpc) is 2.30. The van der Waals surface area contributed by atoms with E-state index in [0.717, 1.165) is 17.8 Å². The van der Waals surface area contributed by atoms with Crippen molar-refractivity contribution < 1.29 is 0 Å². The van der Waals surface area contributed by atoms with Crippen LogP contribution in [0, 0.1) is 0 Å². The maximum atomic E-state index is 5.75. The van der Waals surface area contributed by atoms with Gasteiger partial charge in [-0.05, 0) is 25.0 Å². The molecule has 1 unspecified atom stereocenters. The van der Waals surface area contributed by atoms with Gasteiger partial charge in [0.2, 0.25) is 0 Å². The van der Waals surface area contributed by atoms with Gasteiger partial charge < -0.3 is 5.73 Å². The van der Waals surface area contributed by atoms with Gasteiger partial charge in [-0.2, -0.15) is 0 Å². The van der Waals surface area contributed by atoms with Crippen LogP contribution in [-0.2, 0) is 6.42 Å². The van der Waals surface area contributed by atoms with Crippen molar-refractivity contribution >= 4 is 12.4 Å². The van der Waals surface area contributed by atoms with Crippen LogP contribution in [0.25, 0.3) is 11.4 Å². The highest BCUT2D eigenvalue weighted by Crippen LogP contribution is 2.15. The van der Waals surface area contributed by atoms with E-state index in [-0.39, 0.29) is 18.4 Å². The molecule has 3 nitrogen and oxygen atoms in total. The van der Waals surface area contributed by atoms with E-state index in [2.05, 4.69) is 22.1 Å². The Morgan fingerprint density at radius 3 is 2.24 bits per heavy atom. The van der Waals surface area contributed by atoms with Gasteiger partial charge in [0.15, 0.2) is 5.82 Å². The van der Waals surface area contributed by atoms with Gasteiger partial charge in [0.25, 0.3) is 0 Å². The Bertz CT molecular complexity index is 440. The highest BCUT2D eigenvalue weighted by Gasteiger charge is 2.01. The minimum Gasteiger partial charge on any atom is -0.328 e. The molecule has 1 aromatic heterocycles. The van der Waals surface area contributed by atoms with Crippen molar-refractivity contribution in [2.75, 3.05) is 0 Å². The highest BCUT2D eigenvalue weighted by molar-refractivity contribution is 5.85. The van der Waals surface area contributed by atoms with Crippen LogP contribution in [0.5, 0.6) is 0 Å². The van der Waals surface area contributed by atoms with Crippen molar-refractivity contribution in [3.63, 3.8) is 0 Å². The number of halogens is 1. The molecule has 0 radical (unpaired) electrons. The van der Waals surface area contributed by atoms with Crippen LogP contribution in [0.15, 0.2) is 42.7 Å². The van der Waals surface area contributed by atoms with E-state index in [9.17, 15) is 0 Å². The van der Waals surface area contributed by atoms with E-state index in [0.29, 0.717) is 0 Å². The molecule has 0 saturated carbocycles. The molecule has 0 aliphatic heterocycles. The summed E-state index contributed by atoms with van der Waals surface area (Å²) in [5.41, 5.74) is 8.03. The van der Waals surface area contributed by atoms with E-state index in [1.807, 2.05) is 25.1 Å². The highest BCUT2D eigenvalue weighted by atomic mass is 35.5. The molecule has 0 saturated heterocycles. The summed E-state index contributed by atoms with van der Waals surface area (Å²) < 4.78 is 0. The number of benzene rings is 1. The normalized spacial score (nSPS) is 11.6. The zero-order chi connectivity index (χ0) is 11.4. The topological polar surface area (TPSA) is 51.8 Å². The second kappa shape index (κ2) is 6.33. The fraction of sp³-hybridized carbons (Fsp3) is 0.231. The largest absolute Gasteiger partial charge is 0.328 e. The zero-order valence-corrected chi connectivity index (χ0v) is 10.5. The van der Waals surface area contributed by atoms with E-state index < -0.39 is 0 Å². The van der Waals surface area contributed by atoms with Gasteiger partial charge in [0, 0.05) is 24.0 Å². The van der Waals surface area contributed by atoms with Crippen molar-refractivity contribution in [2.45, 2.75) is 19.4 Å². The molecule has 0 aliphatic carbocycles. The van der Waals surface area contributed by atoms with Gasteiger partial charge in [0.1, 0.15) is 0 Å². The molecule has 2 N–H and O–H groups in total. The monoisotopic (exact) mass is 249 g/mol. The molecule has 2 rings (SSSR count). The molecule has 0 amide bonds. The van der Waals surface area contributed by atoms with E-state index in [4.69, 9.17) is 5.73 Å².